The van der Waals surface area contributed by atoms with E-state index in [2.05, 4.69) is 20.2 Å². The average Bonchev–Trinajstić information content (AvgIpc) is 3.12. The summed E-state index contributed by atoms with van der Waals surface area (Å²) in [4.78, 5) is 12.2. The van der Waals surface area contributed by atoms with Gasteiger partial charge in [0.25, 0.3) is 5.91 Å². The van der Waals surface area contributed by atoms with Crippen LogP contribution < -0.4 is 10.0 Å². The Balaban J connectivity index is 1.76. The van der Waals surface area contributed by atoms with E-state index in [1.165, 1.54) is 35.6 Å². The summed E-state index contributed by atoms with van der Waals surface area (Å²) in [7, 11) is -7.15. The van der Waals surface area contributed by atoms with Gasteiger partial charge >= 0.3 is 0 Å². The summed E-state index contributed by atoms with van der Waals surface area (Å²) in [6, 6.07) is 4.83. The molecule has 1 aromatic carbocycles. The van der Waals surface area contributed by atoms with E-state index in [9.17, 15) is 21.6 Å². The number of carbonyl (C=O) groups is 1. The quantitative estimate of drug-likeness (QED) is 0.727. The molecule has 0 radical (unpaired) electrons. The maximum atomic E-state index is 12.5. The van der Waals surface area contributed by atoms with Crippen LogP contribution in [-0.4, -0.2) is 50.5 Å². The van der Waals surface area contributed by atoms with E-state index in [1.54, 1.807) is 6.92 Å². The molecule has 0 saturated carbocycles. The molecule has 1 aliphatic rings. The Kier molecular flexibility index (Phi) is 5.10. The number of nitrogens with one attached hydrogen (secondary N) is 2. The number of sulfonamides is 1. The van der Waals surface area contributed by atoms with Gasteiger partial charge < -0.3 is 0 Å². The minimum atomic E-state index is -3.94. The van der Waals surface area contributed by atoms with Crippen LogP contribution in [0.15, 0.2) is 29.2 Å². The third-order valence-electron chi connectivity index (χ3n) is 3.71. The third kappa shape index (κ3) is 4.44. The number of amides is 1. The first kappa shape index (κ1) is 18.9. The SMILES string of the molecule is Cc1nnc(NC(=O)c2cccc(S(=O)(=O)NC3CCS(=O)(=O)C3)c2)s1. The smallest absolute Gasteiger partial charge is 0.257 e. The highest BCUT2D eigenvalue weighted by atomic mass is 32.2. The number of hydrogen-bond acceptors (Lipinski definition) is 8. The predicted octanol–water partition coefficient (Wildman–Crippen LogP) is 0.564. The molecular weight excluding hydrogens is 400 g/mol. The van der Waals surface area contributed by atoms with Gasteiger partial charge in [0.05, 0.1) is 16.4 Å². The largest absolute Gasteiger partial charge is 0.296 e. The van der Waals surface area contributed by atoms with Gasteiger partial charge in [-0.25, -0.2) is 21.6 Å². The van der Waals surface area contributed by atoms with Gasteiger partial charge in [-0.1, -0.05) is 17.4 Å². The van der Waals surface area contributed by atoms with Crippen molar-refractivity contribution < 1.29 is 21.6 Å². The van der Waals surface area contributed by atoms with Crippen molar-refractivity contribution in [3.8, 4) is 0 Å². The summed E-state index contributed by atoms with van der Waals surface area (Å²) in [6.07, 6.45) is 0.234. The van der Waals surface area contributed by atoms with Gasteiger partial charge in [-0.05, 0) is 31.5 Å². The summed E-state index contributed by atoms with van der Waals surface area (Å²) < 4.78 is 50.3. The molecule has 26 heavy (non-hydrogen) atoms. The van der Waals surface area contributed by atoms with Gasteiger partial charge in [0.15, 0.2) is 9.84 Å². The Morgan fingerprint density at radius 3 is 2.69 bits per heavy atom. The standard InChI is InChI=1S/C14H16N4O5S3/c1-9-16-17-14(24-9)15-13(19)10-3-2-4-12(7-10)26(22,23)18-11-5-6-25(20,21)8-11/h2-4,7,11,18H,5-6,8H2,1H3,(H,15,17,19). The first-order valence-corrected chi connectivity index (χ1v) is 11.7. The maximum absolute atomic E-state index is 12.5. The first-order chi connectivity index (χ1) is 12.1. The molecule has 1 fully saturated rings. The number of anilines is 1. The third-order valence-corrected chi connectivity index (χ3v) is 7.75. The lowest BCUT2D eigenvalue weighted by Gasteiger charge is -2.12. The molecule has 1 aromatic heterocycles. The molecular formula is C14H16N4O5S3. The van der Waals surface area contributed by atoms with Crippen LogP contribution in [0.2, 0.25) is 0 Å². The summed E-state index contributed by atoms with van der Waals surface area (Å²) in [5.74, 6) is -0.770. The molecule has 1 atom stereocenters. The number of sulfone groups is 1. The van der Waals surface area contributed by atoms with Crippen LogP contribution in [0.25, 0.3) is 0 Å². The zero-order chi connectivity index (χ0) is 18.9. The second kappa shape index (κ2) is 7.02. The molecule has 0 aliphatic carbocycles. The lowest BCUT2D eigenvalue weighted by atomic mass is 10.2. The van der Waals surface area contributed by atoms with Crippen molar-refractivity contribution in [1.82, 2.24) is 14.9 Å². The van der Waals surface area contributed by atoms with Crippen LogP contribution in [0, 0.1) is 6.92 Å². The van der Waals surface area contributed by atoms with E-state index in [0.29, 0.717) is 10.1 Å². The number of hydrogen-bond donors (Lipinski definition) is 2. The molecule has 9 nitrogen and oxygen atoms in total. The summed E-state index contributed by atoms with van der Waals surface area (Å²) in [6.45, 7) is 1.75. The number of benzene rings is 1. The van der Waals surface area contributed by atoms with Gasteiger partial charge in [-0.3, -0.25) is 10.1 Å². The van der Waals surface area contributed by atoms with E-state index < -0.39 is 31.8 Å². The van der Waals surface area contributed by atoms with Crippen molar-refractivity contribution in [3.05, 3.63) is 34.8 Å². The second-order valence-corrected chi connectivity index (χ2v) is 11.0. The van der Waals surface area contributed by atoms with E-state index in [0.717, 1.165) is 0 Å². The second-order valence-electron chi connectivity index (χ2n) is 5.83. The highest BCUT2D eigenvalue weighted by molar-refractivity contribution is 7.92. The van der Waals surface area contributed by atoms with Crippen molar-refractivity contribution in [1.29, 1.82) is 0 Å². The molecule has 1 saturated heterocycles. The zero-order valence-corrected chi connectivity index (χ0v) is 16.1. The lowest BCUT2D eigenvalue weighted by Crippen LogP contribution is -2.35. The molecule has 2 N–H and O–H groups in total. The van der Waals surface area contributed by atoms with Crippen LogP contribution >= 0.6 is 11.3 Å². The normalized spacial score (nSPS) is 19.3. The summed E-state index contributed by atoms with van der Waals surface area (Å²) in [5.41, 5.74) is 0.139. The van der Waals surface area contributed by atoms with Crippen molar-refractivity contribution in [2.75, 3.05) is 16.8 Å². The van der Waals surface area contributed by atoms with Crippen molar-refractivity contribution in [2.45, 2.75) is 24.3 Å². The minimum absolute atomic E-state index is 0.0378. The van der Waals surface area contributed by atoms with E-state index in [4.69, 9.17) is 0 Å². The Morgan fingerprint density at radius 2 is 2.08 bits per heavy atom. The molecule has 140 valence electrons. The Labute approximate surface area is 154 Å². The van der Waals surface area contributed by atoms with Gasteiger partial charge in [0, 0.05) is 11.6 Å². The number of carbonyl (C=O) groups excluding carboxylic acids is 1. The average molecular weight is 417 g/mol. The highest BCUT2D eigenvalue weighted by Crippen LogP contribution is 2.19. The van der Waals surface area contributed by atoms with Crippen molar-refractivity contribution in [3.63, 3.8) is 0 Å². The van der Waals surface area contributed by atoms with Gasteiger partial charge in [0.2, 0.25) is 15.2 Å². The number of rotatable bonds is 5. The molecule has 1 amide bonds. The van der Waals surface area contributed by atoms with E-state index >= 15 is 0 Å². The minimum Gasteiger partial charge on any atom is -0.296 e. The molecule has 3 rings (SSSR count). The number of aromatic nitrogens is 2. The topological polar surface area (TPSA) is 135 Å². The van der Waals surface area contributed by atoms with Crippen LogP contribution in [0.4, 0.5) is 5.13 Å². The molecule has 0 spiro atoms. The van der Waals surface area contributed by atoms with Gasteiger partial charge in [-0.15, -0.1) is 10.2 Å². The van der Waals surface area contributed by atoms with Crippen LogP contribution in [-0.2, 0) is 19.9 Å². The molecule has 1 aliphatic heterocycles. The zero-order valence-electron chi connectivity index (χ0n) is 13.7. The van der Waals surface area contributed by atoms with Gasteiger partial charge in [0.1, 0.15) is 5.01 Å². The molecule has 2 heterocycles. The fourth-order valence-electron chi connectivity index (χ4n) is 2.50. The van der Waals surface area contributed by atoms with Crippen LogP contribution in [0.5, 0.6) is 0 Å². The number of aryl methyl sites for hydroxylation is 1. The fourth-order valence-corrected chi connectivity index (χ4v) is 6.18. The number of nitrogens with zero attached hydrogens (tertiary/aromatic N) is 2. The first-order valence-electron chi connectivity index (χ1n) is 7.59. The van der Waals surface area contributed by atoms with Gasteiger partial charge in [-0.2, -0.15) is 0 Å². The summed E-state index contributed by atoms with van der Waals surface area (Å²) in [5, 5.41) is 11.1. The Hall–Kier alpha value is -1.89. The molecule has 12 heteroatoms. The molecule has 1 unspecified atom stereocenters. The predicted molar refractivity (Wildman–Crippen MR) is 96.4 cm³/mol. The Bertz CT molecular complexity index is 1050. The Morgan fingerprint density at radius 1 is 1.31 bits per heavy atom. The molecule has 0 bridgehead atoms. The van der Waals surface area contributed by atoms with Crippen molar-refractivity contribution in [2.24, 2.45) is 0 Å². The molecule has 2 aromatic rings. The summed E-state index contributed by atoms with van der Waals surface area (Å²) >= 11 is 1.20. The van der Waals surface area contributed by atoms with Crippen molar-refractivity contribution >= 4 is 42.2 Å². The highest BCUT2D eigenvalue weighted by Gasteiger charge is 2.31. The van der Waals surface area contributed by atoms with Crippen LogP contribution in [0.3, 0.4) is 0 Å². The van der Waals surface area contributed by atoms with Crippen LogP contribution in [0.1, 0.15) is 21.8 Å². The lowest BCUT2D eigenvalue weighted by molar-refractivity contribution is 0.102. The van der Waals surface area contributed by atoms with E-state index in [-0.39, 0.29) is 28.4 Å². The monoisotopic (exact) mass is 416 g/mol. The maximum Gasteiger partial charge on any atom is 0.257 e. The fraction of sp³-hybridized carbons (Fsp3) is 0.357. The van der Waals surface area contributed by atoms with E-state index in [1.807, 2.05) is 0 Å².